The number of nitrogens with zero attached hydrogens (tertiary/aromatic N) is 1. The number of rotatable bonds is 4. The molecule has 0 bridgehead atoms. The summed E-state index contributed by atoms with van der Waals surface area (Å²) < 4.78 is 0. The molecule has 1 aromatic heterocycles. The second-order valence-electron chi connectivity index (χ2n) is 5.79. The zero-order valence-electron chi connectivity index (χ0n) is 11.5. The molecule has 0 spiro atoms. The van der Waals surface area contributed by atoms with Crippen molar-refractivity contribution in [3.63, 3.8) is 0 Å². The summed E-state index contributed by atoms with van der Waals surface area (Å²) in [6, 6.07) is 0.386. The SMILES string of the molecule is Cc1nc(C(C)NCC2(C)CCCC2)c(C)s1. The zero-order valence-corrected chi connectivity index (χ0v) is 12.3. The van der Waals surface area contributed by atoms with Gasteiger partial charge in [-0.1, -0.05) is 19.8 Å². The lowest BCUT2D eigenvalue weighted by molar-refractivity contribution is 0.300. The smallest absolute Gasteiger partial charge is 0.0900 e. The Morgan fingerprint density at radius 1 is 1.35 bits per heavy atom. The molecule has 1 aliphatic carbocycles. The van der Waals surface area contributed by atoms with Crippen molar-refractivity contribution in [2.45, 2.75) is 59.4 Å². The van der Waals surface area contributed by atoms with Crippen molar-refractivity contribution in [3.05, 3.63) is 15.6 Å². The molecule has 1 fully saturated rings. The number of hydrogen-bond acceptors (Lipinski definition) is 3. The highest BCUT2D eigenvalue weighted by Crippen LogP contribution is 2.37. The summed E-state index contributed by atoms with van der Waals surface area (Å²) in [7, 11) is 0. The minimum absolute atomic E-state index is 0.386. The maximum absolute atomic E-state index is 4.63. The fourth-order valence-corrected chi connectivity index (χ4v) is 3.76. The van der Waals surface area contributed by atoms with Gasteiger partial charge in [-0.05, 0) is 39.0 Å². The predicted octanol–water partition coefficient (Wildman–Crippen LogP) is 3.99. The monoisotopic (exact) mass is 252 g/mol. The average molecular weight is 252 g/mol. The van der Waals surface area contributed by atoms with E-state index in [4.69, 9.17) is 0 Å². The van der Waals surface area contributed by atoms with Crippen LogP contribution >= 0.6 is 11.3 Å². The molecule has 96 valence electrons. The Hall–Kier alpha value is -0.410. The van der Waals surface area contributed by atoms with Gasteiger partial charge in [0.1, 0.15) is 0 Å². The number of thiazole rings is 1. The van der Waals surface area contributed by atoms with Crippen LogP contribution in [0.2, 0.25) is 0 Å². The van der Waals surface area contributed by atoms with Crippen molar-refractivity contribution in [2.75, 3.05) is 6.54 Å². The highest BCUT2D eigenvalue weighted by molar-refractivity contribution is 7.11. The molecular weight excluding hydrogens is 228 g/mol. The van der Waals surface area contributed by atoms with Gasteiger partial charge in [0.25, 0.3) is 0 Å². The summed E-state index contributed by atoms with van der Waals surface area (Å²) in [6.45, 7) is 10.0. The molecule has 1 aliphatic rings. The molecule has 1 N–H and O–H groups in total. The molecule has 1 saturated carbocycles. The third-order valence-corrected chi connectivity index (χ3v) is 4.90. The van der Waals surface area contributed by atoms with Gasteiger partial charge in [0, 0.05) is 17.5 Å². The van der Waals surface area contributed by atoms with E-state index in [2.05, 4.69) is 38.0 Å². The molecule has 17 heavy (non-hydrogen) atoms. The molecule has 0 aromatic carbocycles. The van der Waals surface area contributed by atoms with Crippen LogP contribution < -0.4 is 5.32 Å². The van der Waals surface area contributed by atoms with Crippen LogP contribution in [-0.2, 0) is 0 Å². The van der Waals surface area contributed by atoms with E-state index >= 15 is 0 Å². The van der Waals surface area contributed by atoms with Crippen molar-refractivity contribution in [2.24, 2.45) is 5.41 Å². The maximum atomic E-state index is 4.63. The second-order valence-corrected chi connectivity index (χ2v) is 7.20. The van der Waals surface area contributed by atoms with Crippen LogP contribution in [-0.4, -0.2) is 11.5 Å². The Bertz CT molecular complexity index is 378. The van der Waals surface area contributed by atoms with E-state index in [9.17, 15) is 0 Å². The topological polar surface area (TPSA) is 24.9 Å². The number of aromatic nitrogens is 1. The van der Waals surface area contributed by atoms with E-state index < -0.39 is 0 Å². The minimum atomic E-state index is 0.386. The quantitative estimate of drug-likeness (QED) is 0.876. The molecule has 0 radical (unpaired) electrons. The normalized spacial score (nSPS) is 20.7. The van der Waals surface area contributed by atoms with Crippen LogP contribution in [0, 0.1) is 19.3 Å². The van der Waals surface area contributed by atoms with Crippen LogP contribution in [0.15, 0.2) is 0 Å². The van der Waals surface area contributed by atoms with Gasteiger partial charge in [0.15, 0.2) is 0 Å². The summed E-state index contributed by atoms with van der Waals surface area (Å²) in [6.07, 6.45) is 5.56. The van der Waals surface area contributed by atoms with E-state index in [0.717, 1.165) is 6.54 Å². The van der Waals surface area contributed by atoms with Crippen LogP contribution in [0.1, 0.15) is 61.2 Å². The molecule has 1 heterocycles. The van der Waals surface area contributed by atoms with E-state index in [1.54, 1.807) is 11.3 Å². The van der Waals surface area contributed by atoms with Gasteiger partial charge in [0.2, 0.25) is 0 Å². The molecule has 1 aromatic rings. The lowest BCUT2D eigenvalue weighted by Gasteiger charge is -2.26. The average Bonchev–Trinajstić information content (AvgIpc) is 2.83. The van der Waals surface area contributed by atoms with E-state index in [1.807, 2.05) is 0 Å². The van der Waals surface area contributed by atoms with Gasteiger partial charge < -0.3 is 5.32 Å². The molecule has 0 amide bonds. The van der Waals surface area contributed by atoms with Crippen LogP contribution in [0.3, 0.4) is 0 Å². The molecule has 1 unspecified atom stereocenters. The van der Waals surface area contributed by atoms with Crippen molar-refractivity contribution in [1.82, 2.24) is 10.3 Å². The van der Waals surface area contributed by atoms with Crippen molar-refractivity contribution in [3.8, 4) is 0 Å². The Morgan fingerprint density at radius 3 is 2.53 bits per heavy atom. The molecule has 1 atom stereocenters. The van der Waals surface area contributed by atoms with Crippen molar-refractivity contribution >= 4 is 11.3 Å². The Kier molecular flexibility index (Phi) is 3.88. The Balaban J connectivity index is 1.93. The number of aryl methyl sites for hydroxylation is 2. The molecular formula is C14H24N2S. The van der Waals surface area contributed by atoms with Crippen LogP contribution in [0.25, 0.3) is 0 Å². The number of hydrogen-bond donors (Lipinski definition) is 1. The van der Waals surface area contributed by atoms with Gasteiger partial charge in [-0.15, -0.1) is 11.3 Å². The summed E-state index contributed by atoms with van der Waals surface area (Å²) in [5.74, 6) is 0. The summed E-state index contributed by atoms with van der Waals surface area (Å²) >= 11 is 1.80. The van der Waals surface area contributed by atoms with Crippen molar-refractivity contribution < 1.29 is 0 Å². The molecule has 2 nitrogen and oxygen atoms in total. The fraction of sp³-hybridized carbons (Fsp3) is 0.786. The fourth-order valence-electron chi connectivity index (χ4n) is 2.85. The molecule has 0 saturated heterocycles. The number of nitrogens with one attached hydrogen (secondary N) is 1. The molecule has 2 rings (SSSR count). The third-order valence-electron chi connectivity index (χ3n) is 4.00. The first kappa shape index (κ1) is 13.0. The van der Waals surface area contributed by atoms with E-state index in [-0.39, 0.29) is 0 Å². The standard InChI is InChI=1S/C14H24N2S/c1-10(13-11(2)17-12(3)16-13)15-9-14(4)7-5-6-8-14/h10,15H,5-9H2,1-4H3. The van der Waals surface area contributed by atoms with Gasteiger partial charge in [-0.2, -0.15) is 0 Å². The van der Waals surface area contributed by atoms with Crippen molar-refractivity contribution in [1.29, 1.82) is 0 Å². The maximum Gasteiger partial charge on any atom is 0.0900 e. The molecule has 3 heteroatoms. The zero-order chi connectivity index (χ0) is 12.5. The minimum Gasteiger partial charge on any atom is -0.308 e. The predicted molar refractivity (Wildman–Crippen MR) is 74.6 cm³/mol. The van der Waals surface area contributed by atoms with Gasteiger partial charge in [0.05, 0.1) is 10.7 Å². The lowest BCUT2D eigenvalue weighted by Crippen LogP contribution is -2.31. The molecule has 0 aliphatic heterocycles. The van der Waals surface area contributed by atoms with Crippen LogP contribution in [0.5, 0.6) is 0 Å². The largest absolute Gasteiger partial charge is 0.308 e. The summed E-state index contributed by atoms with van der Waals surface area (Å²) in [5, 5.41) is 4.86. The van der Waals surface area contributed by atoms with E-state index in [1.165, 1.54) is 41.3 Å². The lowest BCUT2D eigenvalue weighted by atomic mass is 9.88. The van der Waals surface area contributed by atoms with Gasteiger partial charge >= 0.3 is 0 Å². The van der Waals surface area contributed by atoms with E-state index in [0.29, 0.717) is 11.5 Å². The Labute approximate surface area is 109 Å². The first-order valence-electron chi connectivity index (χ1n) is 6.67. The first-order chi connectivity index (χ1) is 8.00. The third kappa shape index (κ3) is 3.08. The summed E-state index contributed by atoms with van der Waals surface area (Å²) in [4.78, 5) is 5.99. The highest BCUT2D eigenvalue weighted by atomic mass is 32.1. The first-order valence-corrected chi connectivity index (χ1v) is 7.49. The summed E-state index contributed by atoms with van der Waals surface area (Å²) in [5.41, 5.74) is 1.77. The van der Waals surface area contributed by atoms with Gasteiger partial charge in [-0.3, -0.25) is 0 Å². The van der Waals surface area contributed by atoms with Crippen LogP contribution in [0.4, 0.5) is 0 Å². The second kappa shape index (κ2) is 5.07. The Morgan fingerprint density at radius 2 is 2.00 bits per heavy atom. The highest BCUT2D eigenvalue weighted by Gasteiger charge is 2.29. The van der Waals surface area contributed by atoms with Gasteiger partial charge in [-0.25, -0.2) is 4.98 Å².